The van der Waals surface area contributed by atoms with Crippen LogP contribution >= 0.6 is 20.2 Å². The number of carbonyl (C=O) groups excluding carboxylic acids is 1. The van der Waals surface area contributed by atoms with Gasteiger partial charge in [0.2, 0.25) is 5.43 Å². The largest absolute Gasteiger partial charge is 0.502 e. The second kappa shape index (κ2) is 10.4. The highest BCUT2D eigenvalue weighted by Crippen LogP contribution is 2.29. The van der Waals surface area contributed by atoms with E-state index >= 15 is 0 Å². The number of benzene rings is 1. The number of hydrogen-bond acceptors (Lipinski definition) is 8. The average molecular weight is 539 g/mol. The smallest absolute Gasteiger partial charge is 0.277 e. The first-order valence-electron chi connectivity index (χ1n) is 10.6. The molecule has 190 valence electrons. The van der Waals surface area contributed by atoms with Crippen molar-refractivity contribution in [2.75, 3.05) is 32.4 Å². The maximum atomic E-state index is 14.1. The van der Waals surface area contributed by atoms with Crippen LogP contribution in [0.3, 0.4) is 0 Å². The molecule has 0 bridgehead atoms. The fraction of sp³-hybridized carbons (Fsp3) is 0.318. The van der Waals surface area contributed by atoms with Crippen LogP contribution in [0.2, 0.25) is 0 Å². The molecule has 0 saturated carbocycles. The first-order chi connectivity index (χ1) is 17.2. The van der Waals surface area contributed by atoms with E-state index in [-0.39, 0.29) is 47.0 Å². The van der Waals surface area contributed by atoms with Gasteiger partial charge in [-0.05, 0) is 6.42 Å². The summed E-state index contributed by atoms with van der Waals surface area (Å²) >= 11 is 0.881. The van der Waals surface area contributed by atoms with Gasteiger partial charge < -0.3 is 14.7 Å². The Balaban J connectivity index is 1.78. The van der Waals surface area contributed by atoms with E-state index in [1.807, 2.05) is 0 Å². The van der Waals surface area contributed by atoms with Crippen molar-refractivity contribution in [3.8, 4) is 16.3 Å². The summed E-state index contributed by atoms with van der Waals surface area (Å²) < 4.78 is 48.1. The molecular formula is C22H21F3N5O4PS. The number of aromatic nitrogens is 3. The molecule has 1 unspecified atom stereocenters. The Hall–Kier alpha value is -3.28. The molecule has 14 heteroatoms. The number of rotatable bonds is 8. The van der Waals surface area contributed by atoms with Crippen molar-refractivity contribution in [2.45, 2.75) is 18.9 Å². The summed E-state index contributed by atoms with van der Waals surface area (Å²) in [5, 5.41) is 20.6. The Morgan fingerprint density at radius 1 is 1.25 bits per heavy atom. The van der Waals surface area contributed by atoms with E-state index in [2.05, 4.69) is 19.1 Å². The summed E-state index contributed by atoms with van der Waals surface area (Å²) in [4.78, 5) is 27.2. The van der Waals surface area contributed by atoms with Gasteiger partial charge >= 0.3 is 0 Å². The summed E-state index contributed by atoms with van der Waals surface area (Å²) in [7, 11) is 6.42. The molecule has 1 aliphatic heterocycles. The molecule has 0 aliphatic carbocycles. The maximum Gasteiger partial charge on any atom is 0.277 e. The third kappa shape index (κ3) is 4.73. The molecule has 0 saturated heterocycles. The van der Waals surface area contributed by atoms with Crippen molar-refractivity contribution in [3.05, 3.63) is 62.3 Å². The molecule has 3 heterocycles. The quantitative estimate of drug-likeness (QED) is 0.439. The zero-order valence-corrected chi connectivity index (χ0v) is 21.0. The first kappa shape index (κ1) is 25.8. The number of fused-ring (bicyclic) bond motifs is 1. The Bertz CT molecular complexity index is 1380. The predicted octanol–water partition coefficient (Wildman–Crippen LogP) is 2.41. The van der Waals surface area contributed by atoms with Crippen LogP contribution in [-0.4, -0.2) is 70.1 Å². The fourth-order valence-corrected chi connectivity index (χ4v) is 5.03. The molecule has 1 atom stereocenters. The van der Waals surface area contributed by atoms with Crippen LogP contribution in [0.25, 0.3) is 10.6 Å². The number of halogens is 3. The highest BCUT2D eigenvalue weighted by atomic mass is 32.1. The van der Waals surface area contributed by atoms with Gasteiger partial charge in [-0.3, -0.25) is 19.3 Å². The molecule has 1 N–H and O–H groups in total. The second-order valence-electron chi connectivity index (χ2n) is 8.07. The molecule has 1 aliphatic rings. The van der Waals surface area contributed by atoms with E-state index in [1.165, 1.54) is 22.9 Å². The van der Waals surface area contributed by atoms with Crippen molar-refractivity contribution in [3.63, 3.8) is 0 Å². The normalized spacial score (nSPS) is 14.2. The van der Waals surface area contributed by atoms with Crippen LogP contribution in [-0.2, 0) is 11.2 Å². The van der Waals surface area contributed by atoms with Crippen molar-refractivity contribution in [1.29, 1.82) is 0 Å². The number of hydrogen-bond donors (Lipinski definition) is 1. The highest BCUT2D eigenvalue weighted by molar-refractivity contribution is 7.18. The summed E-state index contributed by atoms with van der Waals surface area (Å²) in [6, 6.07) is 0.862. The van der Waals surface area contributed by atoms with Gasteiger partial charge in [0.15, 0.2) is 16.5 Å². The summed E-state index contributed by atoms with van der Waals surface area (Å²) in [5.74, 6) is -2.75. The number of ether oxygens (including phenoxy) is 1. The zero-order valence-electron chi connectivity index (χ0n) is 19.2. The molecule has 9 nitrogen and oxygen atoms in total. The summed E-state index contributed by atoms with van der Waals surface area (Å²) in [6.45, 7) is 0.425. The van der Waals surface area contributed by atoms with E-state index in [4.69, 9.17) is 4.74 Å². The molecule has 0 radical (unpaired) electrons. The van der Waals surface area contributed by atoms with E-state index in [9.17, 15) is 27.9 Å². The first-order valence-corrected chi connectivity index (χ1v) is 12.0. The van der Waals surface area contributed by atoms with Gasteiger partial charge in [0.25, 0.3) is 5.91 Å². The summed E-state index contributed by atoms with van der Waals surface area (Å²) in [5.41, 5.74) is -1.51. The van der Waals surface area contributed by atoms with E-state index < -0.39 is 40.1 Å². The number of amides is 1. The molecule has 2 aromatic heterocycles. The van der Waals surface area contributed by atoms with Gasteiger partial charge in [-0.15, -0.1) is 19.1 Å². The Morgan fingerprint density at radius 3 is 2.58 bits per heavy atom. The predicted molar refractivity (Wildman–Crippen MR) is 130 cm³/mol. The van der Waals surface area contributed by atoms with Gasteiger partial charge in [0.05, 0.1) is 18.2 Å². The lowest BCUT2D eigenvalue weighted by Gasteiger charge is -2.42. The number of nitrogens with zero attached hydrogens (tertiary/aromatic N) is 5. The fourth-order valence-electron chi connectivity index (χ4n) is 3.90. The molecule has 4 rings (SSSR count). The van der Waals surface area contributed by atoms with Gasteiger partial charge in [-0.1, -0.05) is 17.1 Å². The van der Waals surface area contributed by atoms with Crippen molar-refractivity contribution < 1.29 is 27.8 Å². The molecular weight excluding hydrogens is 518 g/mol. The van der Waals surface area contributed by atoms with E-state index in [0.717, 1.165) is 11.3 Å². The minimum atomic E-state index is -1.07. The van der Waals surface area contributed by atoms with Gasteiger partial charge in [-0.2, -0.15) is 0 Å². The van der Waals surface area contributed by atoms with Crippen LogP contribution in [0.15, 0.2) is 23.1 Å². The van der Waals surface area contributed by atoms with Crippen LogP contribution in [0.4, 0.5) is 13.2 Å². The number of methoxy groups -OCH3 is 1. The number of aromatic hydroxyl groups is 1. The van der Waals surface area contributed by atoms with Gasteiger partial charge in [0.1, 0.15) is 29.1 Å². The lowest BCUT2D eigenvalue weighted by atomic mass is 10.1. The Morgan fingerprint density at radius 2 is 1.94 bits per heavy atom. The molecule has 3 aromatic rings. The topological polar surface area (TPSA) is 101 Å². The molecule has 1 amide bonds. The lowest BCUT2D eigenvalue weighted by molar-refractivity contribution is 0.0704. The third-order valence-electron chi connectivity index (χ3n) is 5.65. The van der Waals surface area contributed by atoms with Crippen molar-refractivity contribution in [2.24, 2.45) is 0 Å². The number of carbonyl (C=O) groups is 1. The lowest BCUT2D eigenvalue weighted by Crippen LogP contribution is -2.58. The average Bonchev–Trinajstić information content (AvgIpc) is 3.29. The highest BCUT2D eigenvalue weighted by Gasteiger charge is 2.35. The zero-order chi connectivity index (χ0) is 26.1. The number of pyridine rings is 1. The van der Waals surface area contributed by atoms with E-state index in [0.29, 0.717) is 18.6 Å². The van der Waals surface area contributed by atoms with Gasteiger partial charge in [0, 0.05) is 44.5 Å². The third-order valence-corrected chi connectivity index (χ3v) is 6.84. The Labute approximate surface area is 209 Å². The van der Waals surface area contributed by atoms with Crippen molar-refractivity contribution >= 4 is 31.9 Å². The van der Waals surface area contributed by atoms with Gasteiger partial charge in [-0.25, -0.2) is 13.2 Å². The minimum Gasteiger partial charge on any atom is -0.502 e. The van der Waals surface area contributed by atoms with E-state index in [1.54, 1.807) is 17.9 Å². The molecule has 36 heavy (non-hydrogen) atoms. The monoisotopic (exact) mass is 539 g/mol. The molecule has 0 fully saturated rings. The van der Waals surface area contributed by atoms with Crippen LogP contribution in [0.5, 0.6) is 5.75 Å². The molecule has 0 spiro atoms. The van der Waals surface area contributed by atoms with Crippen molar-refractivity contribution in [1.82, 2.24) is 19.8 Å². The SMILES string of the molecule is COCC(CC=P)N1CN(C)C(=O)c2c(O)c(=O)c(-c3nnc(Cc4c(F)cc(F)cc4F)s3)cn21. The van der Waals surface area contributed by atoms with Crippen LogP contribution < -0.4 is 10.4 Å². The Kier molecular flexibility index (Phi) is 7.43. The van der Waals surface area contributed by atoms with Crippen LogP contribution in [0, 0.1) is 17.5 Å². The standard InChI is InChI=1S/C22H21F3N5O4PS/c1-28-10-30(12(3-4-35)9-34-2)29-8-14(19(31)20(32)18(29)22(28)33)21-27-26-17(36-21)7-13-15(24)5-11(23)6-16(13)25/h4-6,8,12,32,35H,3,7,9-10H2,1-2H3. The second-order valence-corrected chi connectivity index (χ2v) is 9.54. The maximum absolute atomic E-state index is 14.1. The molecule has 1 aromatic carbocycles. The van der Waals surface area contributed by atoms with Crippen LogP contribution in [0.1, 0.15) is 27.5 Å². The summed E-state index contributed by atoms with van der Waals surface area (Å²) in [6.07, 6.45) is 1.56. The minimum absolute atomic E-state index is 0.0547.